The number of fused-ring (bicyclic) bond motifs is 3. The van der Waals surface area contributed by atoms with Gasteiger partial charge in [-0.2, -0.15) is 0 Å². The zero-order valence-electron chi connectivity index (χ0n) is 15.1. The van der Waals surface area contributed by atoms with E-state index >= 15 is 0 Å². The van der Waals surface area contributed by atoms with Crippen LogP contribution in [0.5, 0.6) is 0 Å². The van der Waals surface area contributed by atoms with Gasteiger partial charge in [-0.15, -0.1) is 0 Å². The Morgan fingerprint density at radius 3 is 2.41 bits per heavy atom. The minimum atomic E-state index is -1.29. The Morgan fingerprint density at radius 1 is 1.19 bits per heavy atom. The highest BCUT2D eigenvalue weighted by Gasteiger charge is 2.39. The van der Waals surface area contributed by atoms with E-state index in [9.17, 15) is 19.1 Å². The summed E-state index contributed by atoms with van der Waals surface area (Å²) in [6.45, 7) is 1.42. The average molecular weight is 372 g/mol. The van der Waals surface area contributed by atoms with Crippen LogP contribution in [0.4, 0.5) is 10.2 Å². The maximum atomic E-state index is 14.9. The molecule has 0 spiro atoms. The number of rotatable bonds is 3. The molecule has 27 heavy (non-hydrogen) atoms. The van der Waals surface area contributed by atoms with Crippen molar-refractivity contribution in [3.05, 3.63) is 33.9 Å². The first-order chi connectivity index (χ1) is 12.9. The van der Waals surface area contributed by atoms with E-state index in [1.54, 1.807) is 4.57 Å². The van der Waals surface area contributed by atoms with E-state index in [2.05, 4.69) is 16.9 Å². The van der Waals surface area contributed by atoms with Gasteiger partial charge in [0.15, 0.2) is 11.6 Å². The predicted molar refractivity (Wildman–Crippen MR) is 98.0 cm³/mol. The molecule has 0 amide bonds. The number of piperazine rings is 1. The summed E-state index contributed by atoms with van der Waals surface area (Å²) in [6, 6.07) is 2.08. The molecule has 3 fully saturated rings. The number of pyridine rings is 2. The van der Waals surface area contributed by atoms with Crippen molar-refractivity contribution in [2.75, 3.05) is 25.0 Å². The number of carboxylic acids is 1. The van der Waals surface area contributed by atoms with Crippen LogP contribution in [0.1, 0.15) is 42.1 Å². The van der Waals surface area contributed by atoms with E-state index in [1.165, 1.54) is 12.3 Å². The third-order valence-electron chi connectivity index (χ3n) is 6.26. The Bertz CT molecular complexity index is 1000. The van der Waals surface area contributed by atoms with Gasteiger partial charge in [0.1, 0.15) is 11.2 Å². The van der Waals surface area contributed by atoms with Crippen molar-refractivity contribution < 1.29 is 14.3 Å². The largest absolute Gasteiger partial charge is 0.477 e. The summed E-state index contributed by atoms with van der Waals surface area (Å²) in [7, 11) is 2.11. The topological polar surface area (TPSA) is 78.7 Å². The molecule has 2 saturated heterocycles. The van der Waals surface area contributed by atoms with E-state index in [-0.39, 0.29) is 22.8 Å². The molecule has 4 heterocycles. The molecule has 0 radical (unpaired) electrons. The lowest BCUT2D eigenvalue weighted by Crippen LogP contribution is -2.52. The Hall–Kier alpha value is -2.48. The minimum absolute atomic E-state index is 0.0418. The number of anilines is 1. The zero-order chi connectivity index (χ0) is 18.9. The standard InChI is InChI=1S/C19H21FN4O3/c1-22-11-4-5-12(22)8-23(7-11)18-15(20)6-13-16(25)14(19(26)27)9-24(10-2-3-10)17(13)21-18/h6,9-12H,2-5,7-8H2,1H3,(H,26,27). The van der Waals surface area contributed by atoms with Gasteiger partial charge < -0.3 is 14.6 Å². The highest BCUT2D eigenvalue weighted by Crippen LogP contribution is 2.38. The lowest BCUT2D eigenvalue weighted by Gasteiger charge is -2.39. The normalized spacial score (nSPS) is 25.3. The summed E-state index contributed by atoms with van der Waals surface area (Å²) in [6.07, 6.45) is 5.38. The molecule has 8 heteroatoms. The van der Waals surface area contributed by atoms with Crippen LogP contribution in [-0.2, 0) is 0 Å². The maximum Gasteiger partial charge on any atom is 0.341 e. The molecule has 7 nitrogen and oxygen atoms in total. The first-order valence-corrected chi connectivity index (χ1v) is 9.39. The van der Waals surface area contributed by atoms with Crippen molar-refractivity contribution in [2.24, 2.45) is 0 Å². The average Bonchev–Trinajstić information content (AvgIpc) is 3.44. The number of aromatic nitrogens is 2. The molecule has 2 bridgehead atoms. The van der Waals surface area contributed by atoms with Crippen LogP contribution in [0.2, 0.25) is 0 Å². The van der Waals surface area contributed by atoms with E-state index < -0.39 is 17.2 Å². The molecule has 5 rings (SSSR count). The molecule has 2 aromatic rings. The number of aromatic carboxylic acids is 1. The number of hydrogen-bond donors (Lipinski definition) is 1. The van der Waals surface area contributed by atoms with Gasteiger partial charge in [-0.25, -0.2) is 14.2 Å². The number of nitrogens with zero attached hydrogens (tertiary/aromatic N) is 4. The number of hydrogen-bond acceptors (Lipinski definition) is 5. The van der Waals surface area contributed by atoms with E-state index in [1.807, 2.05) is 4.90 Å². The fourth-order valence-electron chi connectivity index (χ4n) is 4.53. The van der Waals surface area contributed by atoms with Gasteiger partial charge in [0.2, 0.25) is 5.43 Å². The van der Waals surface area contributed by atoms with E-state index in [0.29, 0.717) is 30.8 Å². The van der Waals surface area contributed by atoms with Gasteiger partial charge in [-0.05, 0) is 38.8 Å². The molecule has 2 unspecified atom stereocenters. The Balaban J connectivity index is 1.66. The Morgan fingerprint density at radius 2 is 1.81 bits per heavy atom. The predicted octanol–water partition coefficient (Wildman–Crippen LogP) is 1.85. The summed E-state index contributed by atoms with van der Waals surface area (Å²) >= 11 is 0. The molecule has 2 aromatic heterocycles. The molecule has 1 N–H and O–H groups in total. The molecular weight excluding hydrogens is 351 g/mol. The fourth-order valence-corrected chi connectivity index (χ4v) is 4.53. The van der Waals surface area contributed by atoms with Gasteiger partial charge in [-0.1, -0.05) is 0 Å². The van der Waals surface area contributed by atoms with Gasteiger partial charge >= 0.3 is 5.97 Å². The lowest BCUT2D eigenvalue weighted by molar-refractivity contribution is 0.0695. The van der Waals surface area contributed by atoms with Crippen molar-refractivity contribution in [2.45, 2.75) is 43.8 Å². The van der Waals surface area contributed by atoms with Crippen molar-refractivity contribution >= 4 is 22.8 Å². The van der Waals surface area contributed by atoms with Gasteiger partial charge in [0.25, 0.3) is 0 Å². The minimum Gasteiger partial charge on any atom is -0.477 e. The Labute approximate surface area is 155 Å². The van der Waals surface area contributed by atoms with E-state index in [4.69, 9.17) is 0 Å². The van der Waals surface area contributed by atoms with Crippen LogP contribution in [-0.4, -0.2) is 57.7 Å². The summed E-state index contributed by atoms with van der Waals surface area (Å²) in [5.74, 6) is -1.59. The molecule has 3 aliphatic rings. The van der Waals surface area contributed by atoms with Crippen LogP contribution >= 0.6 is 0 Å². The van der Waals surface area contributed by atoms with Gasteiger partial charge in [-0.3, -0.25) is 9.69 Å². The van der Waals surface area contributed by atoms with Crippen LogP contribution in [0.25, 0.3) is 11.0 Å². The van der Waals surface area contributed by atoms with Crippen molar-refractivity contribution in [1.29, 1.82) is 0 Å². The van der Waals surface area contributed by atoms with Crippen LogP contribution in [0.15, 0.2) is 17.1 Å². The highest BCUT2D eigenvalue weighted by molar-refractivity contribution is 5.92. The molecule has 1 aliphatic carbocycles. The molecule has 2 aliphatic heterocycles. The van der Waals surface area contributed by atoms with Crippen LogP contribution in [0, 0.1) is 5.82 Å². The smallest absolute Gasteiger partial charge is 0.341 e. The summed E-state index contributed by atoms with van der Waals surface area (Å²) < 4.78 is 16.7. The van der Waals surface area contributed by atoms with Crippen molar-refractivity contribution in [3.63, 3.8) is 0 Å². The second-order valence-electron chi connectivity index (χ2n) is 7.94. The van der Waals surface area contributed by atoms with E-state index in [0.717, 1.165) is 25.7 Å². The third kappa shape index (κ3) is 2.54. The number of halogens is 1. The van der Waals surface area contributed by atoms with Crippen LogP contribution < -0.4 is 10.3 Å². The summed E-state index contributed by atoms with van der Waals surface area (Å²) in [5.41, 5.74) is -0.623. The first-order valence-electron chi connectivity index (χ1n) is 9.39. The first kappa shape index (κ1) is 16.7. The number of carbonyl (C=O) groups is 1. The number of likely N-dealkylation sites (N-methyl/N-ethyl adjacent to an activating group) is 1. The fraction of sp³-hybridized carbons (Fsp3) is 0.526. The second-order valence-corrected chi connectivity index (χ2v) is 7.94. The monoisotopic (exact) mass is 372 g/mol. The highest BCUT2D eigenvalue weighted by atomic mass is 19.1. The third-order valence-corrected chi connectivity index (χ3v) is 6.26. The van der Waals surface area contributed by atoms with Gasteiger partial charge in [0.05, 0.1) is 5.39 Å². The zero-order valence-corrected chi connectivity index (χ0v) is 15.1. The molecule has 142 valence electrons. The molecule has 0 aromatic carbocycles. The van der Waals surface area contributed by atoms with Gasteiger partial charge in [0, 0.05) is 37.4 Å². The summed E-state index contributed by atoms with van der Waals surface area (Å²) in [5, 5.41) is 9.37. The molecule has 1 saturated carbocycles. The summed E-state index contributed by atoms with van der Waals surface area (Å²) in [4.78, 5) is 32.8. The lowest BCUT2D eigenvalue weighted by atomic mass is 10.1. The molecular formula is C19H21FN4O3. The number of carboxylic acid groups (broad SMARTS) is 1. The van der Waals surface area contributed by atoms with Crippen molar-refractivity contribution in [3.8, 4) is 0 Å². The van der Waals surface area contributed by atoms with Crippen LogP contribution in [0.3, 0.4) is 0 Å². The maximum absolute atomic E-state index is 14.9. The van der Waals surface area contributed by atoms with Crippen molar-refractivity contribution in [1.82, 2.24) is 14.5 Å². The molecule has 2 atom stereocenters. The second kappa shape index (κ2) is 5.76. The Kier molecular flexibility index (Phi) is 3.56. The quantitative estimate of drug-likeness (QED) is 0.886. The SMILES string of the molecule is CN1C2CCC1CN(c1nc3c(cc1F)c(=O)c(C(=O)O)cn3C1CC1)C2.